The smallest absolute Gasteiger partial charge is 0.358 e. The number of nitrogens with zero attached hydrogens (tertiary/aromatic N) is 3. The number of aromatic carboxylic acids is 1. The van der Waals surface area contributed by atoms with Crippen LogP contribution < -0.4 is 10.5 Å². The Balaban J connectivity index is 2.26. The Bertz CT molecular complexity index is 764. The molecule has 8 nitrogen and oxygen atoms in total. The summed E-state index contributed by atoms with van der Waals surface area (Å²) in [6, 6.07) is 3.41. The number of aromatic hydroxyl groups is 1. The van der Waals surface area contributed by atoms with Gasteiger partial charge in [0.2, 0.25) is 5.75 Å². The predicted octanol–water partition coefficient (Wildman–Crippen LogP) is -0.0651. The van der Waals surface area contributed by atoms with Gasteiger partial charge in [0.25, 0.3) is 0 Å². The molecule has 1 saturated heterocycles. The molecule has 0 atom stereocenters. The van der Waals surface area contributed by atoms with Crippen LogP contribution in [0.15, 0.2) is 23.1 Å². The van der Waals surface area contributed by atoms with Crippen molar-refractivity contribution in [1.29, 1.82) is 0 Å². The van der Waals surface area contributed by atoms with E-state index in [1.165, 1.54) is 6.20 Å². The topological polar surface area (TPSA) is 104 Å². The Hall–Kier alpha value is -2.61. The number of hydrogen-bond donors (Lipinski definition) is 2. The fraction of sp³-hybridized carbons (Fsp3) is 0.308. The monoisotopic (exact) mass is 291 g/mol. The fourth-order valence-electron chi connectivity index (χ4n) is 2.34. The Labute approximate surface area is 118 Å². The zero-order valence-corrected chi connectivity index (χ0v) is 11.0. The van der Waals surface area contributed by atoms with Gasteiger partial charge in [-0.3, -0.25) is 9.20 Å². The number of hydrogen-bond acceptors (Lipinski definition) is 6. The largest absolute Gasteiger partial charge is 0.501 e. The van der Waals surface area contributed by atoms with Crippen LogP contribution in [0.5, 0.6) is 5.75 Å². The number of rotatable bonds is 2. The molecular weight excluding hydrogens is 278 g/mol. The van der Waals surface area contributed by atoms with E-state index < -0.39 is 23.0 Å². The second-order valence-electron chi connectivity index (χ2n) is 4.61. The second-order valence-corrected chi connectivity index (χ2v) is 4.61. The van der Waals surface area contributed by atoms with Crippen LogP contribution in [0.4, 0.5) is 5.69 Å². The van der Waals surface area contributed by atoms with Gasteiger partial charge in [-0.2, -0.15) is 0 Å². The SMILES string of the molecule is O=C(O)c1nc2c(N3CCOCC3)cccn2c(=O)c1O. The molecule has 1 aliphatic heterocycles. The van der Waals surface area contributed by atoms with Crippen molar-refractivity contribution in [2.45, 2.75) is 0 Å². The molecule has 3 rings (SSSR count). The van der Waals surface area contributed by atoms with Crippen molar-refractivity contribution < 1.29 is 19.7 Å². The van der Waals surface area contributed by atoms with E-state index in [-0.39, 0.29) is 5.65 Å². The molecule has 21 heavy (non-hydrogen) atoms. The van der Waals surface area contributed by atoms with Crippen molar-refractivity contribution in [3.8, 4) is 5.75 Å². The van der Waals surface area contributed by atoms with Gasteiger partial charge in [-0.1, -0.05) is 0 Å². The van der Waals surface area contributed by atoms with Crippen LogP contribution in [0.2, 0.25) is 0 Å². The van der Waals surface area contributed by atoms with E-state index in [9.17, 15) is 14.7 Å². The fourth-order valence-corrected chi connectivity index (χ4v) is 2.34. The first-order valence-corrected chi connectivity index (χ1v) is 6.40. The summed E-state index contributed by atoms with van der Waals surface area (Å²) in [6.07, 6.45) is 1.44. The second kappa shape index (κ2) is 5.06. The van der Waals surface area contributed by atoms with Crippen molar-refractivity contribution in [2.75, 3.05) is 31.2 Å². The number of morpholine rings is 1. The molecule has 2 aromatic rings. The summed E-state index contributed by atoms with van der Waals surface area (Å²) in [6.45, 7) is 2.35. The number of carboxylic acid groups (broad SMARTS) is 1. The average Bonchev–Trinajstić information content (AvgIpc) is 2.51. The molecule has 0 spiro atoms. The summed E-state index contributed by atoms with van der Waals surface area (Å²) in [7, 11) is 0. The Kier molecular flexibility index (Phi) is 3.22. The number of aromatic nitrogens is 2. The minimum Gasteiger partial charge on any atom is -0.501 e. The normalized spacial score (nSPS) is 15.3. The lowest BCUT2D eigenvalue weighted by Gasteiger charge is -2.29. The van der Waals surface area contributed by atoms with Crippen LogP contribution in [0.3, 0.4) is 0 Å². The van der Waals surface area contributed by atoms with Gasteiger partial charge in [0.15, 0.2) is 11.3 Å². The molecule has 0 aromatic carbocycles. The maximum Gasteiger partial charge on any atom is 0.358 e. The summed E-state index contributed by atoms with van der Waals surface area (Å²) in [5, 5.41) is 18.7. The molecule has 8 heteroatoms. The molecule has 0 amide bonds. The van der Waals surface area contributed by atoms with Gasteiger partial charge in [0.05, 0.1) is 18.9 Å². The molecule has 0 saturated carbocycles. The molecule has 0 radical (unpaired) electrons. The molecule has 110 valence electrons. The van der Waals surface area contributed by atoms with Crippen molar-refractivity contribution in [1.82, 2.24) is 9.38 Å². The maximum absolute atomic E-state index is 12.1. The minimum atomic E-state index is -1.44. The number of anilines is 1. The third-order valence-electron chi connectivity index (χ3n) is 3.36. The third kappa shape index (κ3) is 2.19. The minimum absolute atomic E-state index is 0.208. The van der Waals surface area contributed by atoms with E-state index in [1.54, 1.807) is 12.1 Å². The van der Waals surface area contributed by atoms with Gasteiger partial charge >= 0.3 is 11.5 Å². The zero-order chi connectivity index (χ0) is 15.0. The summed E-state index contributed by atoms with van der Waals surface area (Å²) in [4.78, 5) is 29.1. The standard InChI is InChI=1S/C13H13N3O5/c17-10-9(13(19)20)14-11-8(15-4-6-21-7-5-15)2-1-3-16(11)12(10)18/h1-3,17H,4-7H2,(H,19,20). The van der Waals surface area contributed by atoms with E-state index in [0.717, 1.165) is 4.40 Å². The van der Waals surface area contributed by atoms with Gasteiger partial charge in [-0.25, -0.2) is 9.78 Å². The molecule has 3 heterocycles. The molecule has 2 aromatic heterocycles. The van der Waals surface area contributed by atoms with E-state index in [2.05, 4.69) is 4.98 Å². The molecule has 1 aliphatic rings. The van der Waals surface area contributed by atoms with Gasteiger partial charge in [0.1, 0.15) is 0 Å². The van der Waals surface area contributed by atoms with Crippen LogP contribution >= 0.6 is 0 Å². The van der Waals surface area contributed by atoms with Crippen molar-refractivity contribution in [3.63, 3.8) is 0 Å². The quantitative estimate of drug-likeness (QED) is 0.798. The molecule has 0 bridgehead atoms. The number of pyridine rings is 1. The van der Waals surface area contributed by atoms with Crippen molar-refractivity contribution in [2.24, 2.45) is 0 Å². The summed E-state index contributed by atoms with van der Waals surface area (Å²) >= 11 is 0. The Morgan fingerprint density at radius 3 is 2.71 bits per heavy atom. The Morgan fingerprint density at radius 2 is 2.05 bits per heavy atom. The van der Waals surface area contributed by atoms with Crippen molar-refractivity contribution in [3.05, 3.63) is 34.4 Å². The third-order valence-corrected chi connectivity index (χ3v) is 3.36. The van der Waals surface area contributed by atoms with Gasteiger partial charge in [-0.15, -0.1) is 0 Å². The van der Waals surface area contributed by atoms with Gasteiger partial charge in [-0.05, 0) is 12.1 Å². The maximum atomic E-state index is 12.1. The highest BCUT2D eigenvalue weighted by molar-refractivity contribution is 5.89. The number of carboxylic acids is 1. The number of carbonyl (C=O) groups is 1. The van der Waals surface area contributed by atoms with E-state index in [4.69, 9.17) is 9.84 Å². The predicted molar refractivity (Wildman–Crippen MR) is 73.1 cm³/mol. The van der Waals surface area contributed by atoms with E-state index >= 15 is 0 Å². The first-order chi connectivity index (χ1) is 10.1. The van der Waals surface area contributed by atoms with Gasteiger partial charge in [0, 0.05) is 19.3 Å². The molecule has 1 fully saturated rings. The van der Waals surface area contributed by atoms with Crippen LogP contribution in [0, 0.1) is 0 Å². The van der Waals surface area contributed by atoms with Gasteiger partial charge < -0.3 is 19.8 Å². The number of ether oxygens (including phenoxy) is 1. The lowest BCUT2D eigenvalue weighted by Crippen LogP contribution is -2.37. The van der Waals surface area contributed by atoms with Crippen LogP contribution in [-0.4, -0.2) is 51.9 Å². The summed E-state index contributed by atoms with van der Waals surface area (Å²) < 4.78 is 6.42. The Morgan fingerprint density at radius 1 is 1.33 bits per heavy atom. The highest BCUT2D eigenvalue weighted by atomic mass is 16.5. The average molecular weight is 291 g/mol. The van der Waals surface area contributed by atoms with Crippen molar-refractivity contribution >= 4 is 17.3 Å². The van der Waals surface area contributed by atoms with Crippen LogP contribution in [0.25, 0.3) is 5.65 Å². The van der Waals surface area contributed by atoms with Crippen LogP contribution in [-0.2, 0) is 4.74 Å². The lowest BCUT2D eigenvalue weighted by atomic mass is 10.3. The van der Waals surface area contributed by atoms with E-state index in [1.807, 2.05) is 4.90 Å². The molecule has 2 N–H and O–H groups in total. The highest BCUT2D eigenvalue weighted by Gasteiger charge is 2.21. The number of fused-ring (bicyclic) bond motifs is 1. The lowest BCUT2D eigenvalue weighted by molar-refractivity contribution is 0.0686. The zero-order valence-electron chi connectivity index (χ0n) is 11.0. The summed E-state index contributed by atoms with van der Waals surface area (Å²) in [5.41, 5.74) is -0.590. The summed E-state index contributed by atoms with van der Waals surface area (Å²) in [5.74, 6) is -2.30. The highest BCUT2D eigenvalue weighted by Crippen LogP contribution is 2.22. The first kappa shape index (κ1) is 13.4. The molecule has 0 unspecified atom stereocenters. The van der Waals surface area contributed by atoms with E-state index in [0.29, 0.717) is 32.0 Å². The van der Waals surface area contributed by atoms with Crippen LogP contribution in [0.1, 0.15) is 10.5 Å². The molecule has 0 aliphatic carbocycles. The first-order valence-electron chi connectivity index (χ1n) is 6.40. The molecular formula is C13H13N3O5.